The number of nitrogens with zero attached hydrogens (tertiary/aromatic N) is 3. The number of azo groups is 1. The van der Waals surface area contributed by atoms with Crippen molar-refractivity contribution >= 4 is 39.6 Å². The number of hydrogen-bond donors (Lipinski definition) is 2. The van der Waals surface area contributed by atoms with Gasteiger partial charge >= 0.3 is 0 Å². The van der Waals surface area contributed by atoms with Crippen molar-refractivity contribution < 1.29 is 14.2 Å². The molecule has 0 aliphatic carbocycles. The van der Waals surface area contributed by atoms with Crippen LogP contribution in [0.15, 0.2) is 83.0 Å². The molecule has 0 atom stereocenters. The van der Waals surface area contributed by atoms with Crippen LogP contribution in [0.3, 0.4) is 0 Å². The molecule has 8 heteroatoms. The number of hydrogen-bond acceptors (Lipinski definition) is 4. The number of para-hydroxylation sites is 3. The average molecular weight is 434 g/mol. The largest absolute Gasteiger partial charge is 0.495 e. The topological polar surface area (TPSA) is 71.1 Å². The molecule has 156 valence electrons. The summed E-state index contributed by atoms with van der Waals surface area (Å²) in [4.78, 5) is 0. The van der Waals surface area contributed by atoms with Crippen LogP contribution in [0.25, 0.3) is 10.9 Å². The van der Waals surface area contributed by atoms with E-state index >= 15 is 0 Å². The van der Waals surface area contributed by atoms with Crippen molar-refractivity contribution in [3.63, 3.8) is 0 Å². The van der Waals surface area contributed by atoms with Crippen LogP contribution < -0.4 is 10.1 Å². The van der Waals surface area contributed by atoms with Crippen LogP contribution in [0.1, 0.15) is 5.56 Å². The van der Waals surface area contributed by atoms with Crippen LogP contribution >= 0.6 is 12.2 Å². The fraction of sp³-hybridized carbons (Fsp3) is 0.0870. The lowest BCUT2D eigenvalue weighted by Gasteiger charge is -2.08. The number of anilines is 1. The van der Waals surface area contributed by atoms with Gasteiger partial charge in [0.2, 0.25) is 11.0 Å². The van der Waals surface area contributed by atoms with Crippen molar-refractivity contribution in [2.24, 2.45) is 10.2 Å². The highest BCUT2D eigenvalue weighted by Gasteiger charge is 2.17. The summed E-state index contributed by atoms with van der Waals surface area (Å²) in [5.74, 6) is 0.268. The Hall–Kier alpha value is -3.78. The number of thiocarbonyl (C=S) groups is 1. The Morgan fingerprint density at radius 3 is 2.55 bits per heavy atom. The van der Waals surface area contributed by atoms with E-state index in [4.69, 9.17) is 17.0 Å². The summed E-state index contributed by atoms with van der Waals surface area (Å²) in [6, 6.07) is 20.9. The molecule has 0 aliphatic rings. The quantitative estimate of drug-likeness (QED) is 0.297. The lowest BCUT2D eigenvalue weighted by molar-refractivity contribution is 0.417. The van der Waals surface area contributed by atoms with Gasteiger partial charge in [0, 0.05) is 5.39 Å². The molecular formula is C23H19FN4O2S. The maximum atomic E-state index is 13.2. The maximum absolute atomic E-state index is 13.2. The number of ether oxygens (including phenoxy) is 1. The first kappa shape index (κ1) is 20.5. The van der Waals surface area contributed by atoms with Gasteiger partial charge in [0.05, 0.1) is 24.9 Å². The molecule has 0 bridgehead atoms. The van der Waals surface area contributed by atoms with Crippen LogP contribution in [0.4, 0.5) is 15.8 Å². The van der Waals surface area contributed by atoms with Crippen LogP contribution in [-0.4, -0.2) is 21.9 Å². The van der Waals surface area contributed by atoms with Crippen LogP contribution in [0.5, 0.6) is 11.6 Å². The van der Waals surface area contributed by atoms with E-state index in [9.17, 15) is 9.50 Å². The fourth-order valence-corrected chi connectivity index (χ4v) is 3.44. The Labute approximate surface area is 183 Å². The van der Waals surface area contributed by atoms with Crippen LogP contribution in [0, 0.1) is 5.82 Å². The van der Waals surface area contributed by atoms with Crippen molar-refractivity contribution in [2.75, 3.05) is 12.4 Å². The molecule has 0 radical (unpaired) electrons. The number of aromatic hydroxyl groups is 1. The van der Waals surface area contributed by atoms with Crippen LogP contribution in [0.2, 0.25) is 0 Å². The first-order valence-electron chi connectivity index (χ1n) is 9.47. The summed E-state index contributed by atoms with van der Waals surface area (Å²) in [6.45, 7) is 0.353. The number of fused-ring (bicyclic) bond motifs is 1. The smallest absolute Gasteiger partial charge is 0.221 e. The Bertz CT molecular complexity index is 1270. The molecule has 6 nitrogen and oxygen atoms in total. The van der Waals surface area contributed by atoms with E-state index < -0.39 is 0 Å². The van der Waals surface area contributed by atoms with E-state index in [1.54, 1.807) is 29.9 Å². The molecule has 1 heterocycles. The second kappa shape index (κ2) is 8.93. The first-order chi connectivity index (χ1) is 15.1. The number of benzene rings is 3. The molecule has 0 spiro atoms. The first-order valence-corrected chi connectivity index (χ1v) is 9.88. The van der Waals surface area contributed by atoms with Gasteiger partial charge in [-0.3, -0.25) is 0 Å². The maximum Gasteiger partial charge on any atom is 0.221 e. The normalized spacial score (nSPS) is 11.2. The molecule has 0 saturated carbocycles. The Morgan fingerprint density at radius 2 is 1.77 bits per heavy atom. The summed E-state index contributed by atoms with van der Waals surface area (Å²) in [6.07, 6.45) is 0. The summed E-state index contributed by atoms with van der Waals surface area (Å²) in [5.41, 5.74) is 2.59. The summed E-state index contributed by atoms with van der Waals surface area (Å²) >= 11 is 5.28. The van der Waals surface area contributed by atoms with Gasteiger partial charge in [-0.1, -0.05) is 42.5 Å². The molecule has 3 aromatic carbocycles. The Morgan fingerprint density at radius 1 is 1.06 bits per heavy atom. The molecule has 31 heavy (non-hydrogen) atoms. The van der Waals surface area contributed by atoms with Crippen molar-refractivity contribution in [3.05, 3.63) is 84.2 Å². The van der Waals surface area contributed by atoms with E-state index in [0.717, 1.165) is 16.5 Å². The lowest BCUT2D eigenvalue weighted by atomic mass is 10.2. The lowest BCUT2D eigenvalue weighted by Crippen LogP contribution is -2.06. The number of methoxy groups -OCH3 is 1. The number of halogens is 1. The number of aromatic nitrogens is 1. The van der Waals surface area contributed by atoms with Gasteiger partial charge in [0.1, 0.15) is 11.6 Å². The van der Waals surface area contributed by atoms with Gasteiger partial charge in [-0.2, -0.15) is 0 Å². The zero-order chi connectivity index (χ0) is 21.8. The molecule has 0 aliphatic heterocycles. The van der Waals surface area contributed by atoms with Gasteiger partial charge in [0.15, 0.2) is 5.69 Å². The third kappa shape index (κ3) is 4.39. The van der Waals surface area contributed by atoms with Gasteiger partial charge in [-0.05, 0) is 48.1 Å². The predicted octanol–water partition coefficient (Wildman–Crippen LogP) is 6.02. The van der Waals surface area contributed by atoms with Gasteiger partial charge in [0.25, 0.3) is 0 Å². The van der Waals surface area contributed by atoms with Crippen molar-refractivity contribution in [1.29, 1.82) is 0 Å². The molecule has 0 amide bonds. The Kier molecular flexibility index (Phi) is 5.90. The van der Waals surface area contributed by atoms with E-state index in [-0.39, 0.29) is 16.8 Å². The predicted molar refractivity (Wildman–Crippen MR) is 123 cm³/mol. The second-order valence-corrected chi connectivity index (χ2v) is 7.12. The molecule has 1 aromatic heterocycles. The van der Waals surface area contributed by atoms with Gasteiger partial charge < -0.3 is 19.7 Å². The highest BCUT2D eigenvalue weighted by molar-refractivity contribution is 7.80. The number of nitrogens with one attached hydrogen (secondary N) is 1. The molecule has 4 rings (SSSR count). The number of rotatable bonds is 5. The zero-order valence-electron chi connectivity index (χ0n) is 16.6. The van der Waals surface area contributed by atoms with E-state index in [1.165, 1.54) is 12.1 Å². The Balaban J connectivity index is 1.64. The highest BCUT2D eigenvalue weighted by atomic mass is 32.1. The minimum Gasteiger partial charge on any atom is -0.495 e. The molecular weight excluding hydrogens is 415 g/mol. The average Bonchev–Trinajstić information content (AvgIpc) is 3.05. The third-order valence-electron chi connectivity index (χ3n) is 4.76. The fourth-order valence-electron chi connectivity index (χ4n) is 3.29. The van der Waals surface area contributed by atoms with Gasteiger partial charge in [-0.25, -0.2) is 4.39 Å². The third-order valence-corrected chi connectivity index (χ3v) is 4.94. The highest BCUT2D eigenvalue weighted by Crippen LogP contribution is 2.39. The molecule has 0 fully saturated rings. The zero-order valence-corrected chi connectivity index (χ0v) is 17.4. The minimum atomic E-state index is -0.309. The van der Waals surface area contributed by atoms with E-state index in [2.05, 4.69) is 15.5 Å². The second-order valence-electron chi connectivity index (χ2n) is 6.73. The van der Waals surface area contributed by atoms with E-state index in [1.807, 2.05) is 42.5 Å². The molecule has 0 saturated heterocycles. The van der Waals surface area contributed by atoms with E-state index in [0.29, 0.717) is 23.7 Å². The monoisotopic (exact) mass is 434 g/mol. The minimum absolute atomic E-state index is 0.0469. The summed E-state index contributed by atoms with van der Waals surface area (Å²) < 4.78 is 20.2. The SMILES string of the molecule is COc1ccccc1NC(=S)N=Nc1c(O)n(Cc2ccc(F)cc2)c2ccccc12. The van der Waals surface area contributed by atoms with Crippen molar-refractivity contribution in [3.8, 4) is 11.6 Å². The van der Waals surface area contributed by atoms with Crippen LogP contribution in [-0.2, 0) is 6.54 Å². The standard InChI is InChI=1S/C23H19FN4O2S/c1-30-20-9-5-3-7-18(20)25-23(31)27-26-21-17-6-2-4-8-19(17)28(22(21)29)14-15-10-12-16(24)13-11-15/h2-13,29H,14H2,1H3,(H,25,31). The summed E-state index contributed by atoms with van der Waals surface area (Å²) in [7, 11) is 1.57. The molecule has 0 unspecified atom stereocenters. The van der Waals surface area contributed by atoms with Crippen molar-refractivity contribution in [2.45, 2.75) is 6.54 Å². The molecule has 2 N–H and O–H groups in total. The molecule has 4 aromatic rings. The van der Waals surface area contributed by atoms with Crippen molar-refractivity contribution in [1.82, 2.24) is 4.57 Å². The van der Waals surface area contributed by atoms with Gasteiger partial charge in [-0.15, -0.1) is 10.2 Å². The summed E-state index contributed by atoms with van der Waals surface area (Å²) in [5, 5.41) is 23.0.